The Hall–Kier alpha value is -4.06. The summed E-state index contributed by atoms with van der Waals surface area (Å²) in [5.41, 5.74) is 1.40. The van der Waals surface area contributed by atoms with Gasteiger partial charge in [0, 0.05) is 65.9 Å². The number of anilines is 1. The van der Waals surface area contributed by atoms with Gasteiger partial charge in [0.25, 0.3) is 6.43 Å². The Kier molecular flexibility index (Phi) is 7.65. The third-order valence-corrected chi connectivity index (χ3v) is 11.1. The standard InChI is InChI=1S/C26H22F2N8OS.C7H12FN/c1-11-7-15-19(16(8-29)35-34-15)20(17(11)23(27)28)21-22-14(5-6-30-21)18-24(32-26(37-2)33-25(18)38-22)36-9-12-3-4-13(10-36)31-12;8-6-4-7-2-1-3-9(7)5-6/h5-7,12-13,23,31H,3-4,9-10H2,1-2H3,(H,34,35);6-7H,1-5H2. The number of hydrogen-bond acceptors (Lipinski definition) is 10. The largest absolute Gasteiger partial charge is 0.467 e. The summed E-state index contributed by atoms with van der Waals surface area (Å²) in [6.45, 7) is 5.12. The van der Waals surface area contributed by atoms with Gasteiger partial charge in [0.1, 0.15) is 22.9 Å². The van der Waals surface area contributed by atoms with Gasteiger partial charge in [-0.05, 0) is 63.3 Å². The van der Waals surface area contributed by atoms with Gasteiger partial charge in [-0.3, -0.25) is 15.0 Å². The Bertz CT molecular complexity index is 2020. The van der Waals surface area contributed by atoms with Crippen molar-refractivity contribution in [2.75, 3.05) is 38.2 Å². The van der Waals surface area contributed by atoms with Crippen LogP contribution in [0.5, 0.6) is 6.01 Å². The summed E-state index contributed by atoms with van der Waals surface area (Å²) in [4.78, 5) is 19.3. The van der Waals surface area contributed by atoms with Crippen LogP contribution in [0.25, 0.3) is 42.5 Å². The van der Waals surface area contributed by atoms with Crippen molar-refractivity contribution in [2.24, 2.45) is 0 Å². The molecule has 4 aliphatic heterocycles. The molecule has 0 saturated carbocycles. The van der Waals surface area contributed by atoms with Gasteiger partial charge in [-0.2, -0.15) is 20.3 Å². The smallest absolute Gasteiger partial charge is 0.319 e. The number of halogens is 3. The van der Waals surface area contributed by atoms with Gasteiger partial charge in [-0.25, -0.2) is 13.2 Å². The van der Waals surface area contributed by atoms with E-state index in [0.717, 1.165) is 55.5 Å². The molecule has 0 amide bonds. The van der Waals surface area contributed by atoms with Crippen molar-refractivity contribution in [3.63, 3.8) is 0 Å². The predicted octanol–water partition coefficient (Wildman–Crippen LogP) is 6.04. The lowest BCUT2D eigenvalue weighted by Crippen LogP contribution is -2.51. The molecule has 1 aromatic carbocycles. The zero-order valence-electron chi connectivity index (χ0n) is 26.1. The van der Waals surface area contributed by atoms with Crippen molar-refractivity contribution in [1.29, 1.82) is 5.26 Å². The van der Waals surface area contributed by atoms with E-state index in [-0.39, 0.29) is 22.8 Å². The second-order valence-corrected chi connectivity index (χ2v) is 13.9. The van der Waals surface area contributed by atoms with Crippen LogP contribution >= 0.6 is 11.3 Å². The minimum absolute atomic E-state index is 0.0512. The van der Waals surface area contributed by atoms with Gasteiger partial charge in [0.05, 0.1) is 28.4 Å². The summed E-state index contributed by atoms with van der Waals surface area (Å²) >= 11 is 1.36. The fourth-order valence-corrected chi connectivity index (χ4v) is 9.16. The normalized spacial score (nSPS) is 23.9. The molecule has 4 atom stereocenters. The molecule has 2 bridgehead atoms. The SMILES string of the molecule is COc1nc(N2CC3CCC(C2)N3)c2c(n1)sc1c(-c3c(C(F)F)c(C)cc4[nH]nc(C#N)c34)nccc12.FC1CC2CCCN2C1. The number of benzene rings is 1. The summed E-state index contributed by atoms with van der Waals surface area (Å²) in [6, 6.07) is 7.18. The molecule has 2 N–H and O–H groups in total. The van der Waals surface area contributed by atoms with E-state index in [9.17, 15) is 18.4 Å². The third-order valence-electron chi connectivity index (χ3n) is 10.0. The van der Waals surface area contributed by atoms with Crippen LogP contribution in [-0.2, 0) is 0 Å². The number of piperazine rings is 1. The molecule has 0 aliphatic carbocycles. The summed E-state index contributed by atoms with van der Waals surface area (Å²) in [5, 5.41) is 22.3. The van der Waals surface area contributed by atoms with Gasteiger partial charge in [-0.15, -0.1) is 11.3 Å². The first-order valence-electron chi connectivity index (χ1n) is 16.1. The van der Waals surface area contributed by atoms with E-state index >= 15 is 0 Å². The van der Waals surface area contributed by atoms with Crippen molar-refractivity contribution in [3.05, 3.63) is 35.2 Å². The second-order valence-electron chi connectivity index (χ2n) is 12.9. The van der Waals surface area contributed by atoms with Crippen molar-refractivity contribution < 1.29 is 17.9 Å². The Morgan fingerprint density at radius 3 is 2.66 bits per heavy atom. The monoisotopic (exact) mass is 661 g/mol. The topological polar surface area (TPSA) is 119 Å². The third kappa shape index (κ3) is 5.15. The molecular formula is C33H34F3N9OS. The molecule has 4 aliphatic rings. The summed E-state index contributed by atoms with van der Waals surface area (Å²) in [7, 11) is 1.54. The number of nitrogens with one attached hydrogen (secondary N) is 2. The minimum atomic E-state index is -2.77. The zero-order chi connectivity index (χ0) is 32.4. The highest BCUT2D eigenvalue weighted by atomic mass is 32.1. The maximum Gasteiger partial charge on any atom is 0.319 e. The number of H-pyrrole nitrogens is 1. The van der Waals surface area contributed by atoms with Gasteiger partial charge >= 0.3 is 6.01 Å². The molecule has 47 heavy (non-hydrogen) atoms. The number of alkyl halides is 3. The highest BCUT2D eigenvalue weighted by Gasteiger charge is 2.36. The number of nitriles is 1. The highest BCUT2D eigenvalue weighted by molar-refractivity contribution is 7.26. The van der Waals surface area contributed by atoms with Gasteiger partial charge in [0.15, 0.2) is 5.69 Å². The van der Waals surface area contributed by atoms with Gasteiger partial charge in [0.2, 0.25) is 0 Å². The second kappa shape index (κ2) is 11.9. The average molecular weight is 662 g/mol. The lowest BCUT2D eigenvalue weighted by atomic mass is 9.93. The Morgan fingerprint density at radius 1 is 1.13 bits per heavy atom. The van der Waals surface area contributed by atoms with Crippen LogP contribution in [0.1, 0.15) is 55.4 Å². The maximum atomic E-state index is 14.5. The fraction of sp³-hybridized carbons (Fsp3) is 0.485. The minimum Gasteiger partial charge on any atom is -0.467 e. The first-order valence-corrected chi connectivity index (χ1v) is 16.9. The molecule has 10 nitrogen and oxygen atoms in total. The Labute approximate surface area is 272 Å². The molecular weight excluding hydrogens is 627 g/mol. The summed E-state index contributed by atoms with van der Waals surface area (Å²) in [6.07, 6.45) is 3.91. The average Bonchev–Trinajstić information content (AvgIpc) is 3.88. The maximum absolute atomic E-state index is 14.5. The van der Waals surface area contributed by atoms with Crippen LogP contribution in [0.4, 0.5) is 19.0 Å². The van der Waals surface area contributed by atoms with E-state index in [1.54, 1.807) is 19.2 Å². The molecule has 4 aromatic heterocycles. The van der Waals surface area contributed by atoms with E-state index < -0.39 is 12.6 Å². The highest BCUT2D eigenvalue weighted by Crippen LogP contribution is 2.47. The van der Waals surface area contributed by atoms with Gasteiger partial charge in [-0.1, -0.05) is 0 Å². The first kappa shape index (κ1) is 30.3. The Morgan fingerprint density at radius 2 is 1.94 bits per heavy atom. The molecule has 0 radical (unpaired) electrons. The molecule has 4 saturated heterocycles. The van der Waals surface area contributed by atoms with Crippen LogP contribution in [0.2, 0.25) is 0 Å². The number of pyridine rings is 1. The van der Waals surface area contributed by atoms with Gasteiger partial charge < -0.3 is 15.0 Å². The number of aromatic amines is 1. The number of rotatable bonds is 4. The van der Waals surface area contributed by atoms with Crippen molar-refractivity contribution >= 4 is 48.4 Å². The van der Waals surface area contributed by atoms with Crippen molar-refractivity contribution in [3.8, 4) is 23.3 Å². The summed E-state index contributed by atoms with van der Waals surface area (Å²) in [5.74, 6) is 0.776. The van der Waals surface area contributed by atoms with Crippen LogP contribution in [0.3, 0.4) is 0 Å². The molecule has 4 fully saturated rings. The lowest BCUT2D eigenvalue weighted by molar-refractivity contribution is 0.151. The summed E-state index contributed by atoms with van der Waals surface area (Å²) < 4.78 is 47.8. The van der Waals surface area contributed by atoms with E-state index in [4.69, 9.17) is 9.72 Å². The molecule has 0 spiro atoms. The number of aromatic nitrogens is 5. The number of ether oxygens (including phenoxy) is 1. The number of aryl methyl sites for hydroxylation is 1. The molecule has 5 aromatic rings. The molecule has 244 valence electrons. The first-order chi connectivity index (χ1) is 22.8. The lowest BCUT2D eigenvalue weighted by Gasteiger charge is -2.34. The van der Waals surface area contributed by atoms with E-state index in [1.807, 2.05) is 12.1 Å². The van der Waals surface area contributed by atoms with Crippen molar-refractivity contribution in [1.82, 2.24) is 35.4 Å². The molecule has 8 heterocycles. The number of methoxy groups -OCH3 is 1. The van der Waals surface area contributed by atoms with E-state index in [1.165, 1.54) is 31.3 Å². The van der Waals surface area contributed by atoms with E-state index in [2.05, 4.69) is 35.3 Å². The molecule has 14 heteroatoms. The van der Waals surface area contributed by atoms with Crippen LogP contribution in [0, 0.1) is 18.3 Å². The number of thiophene rings is 1. The fourth-order valence-electron chi connectivity index (χ4n) is 8.01. The number of nitrogens with zero attached hydrogens (tertiary/aromatic N) is 7. The van der Waals surface area contributed by atoms with Crippen LogP contribution in [0.15, 0.2) is 18.3 Å². The number of hydrogen-bond donors (Lipinski definition) is 2. The quantitative estimate of drug-likeness (QED) is 0.238. The number of fused-ring (bicyclic) bond motifs is 7. The zero-order valence-corrected chi connectivity index (χ0v) is 26.9. The molecule has 9 rings (SSSR count). The van der Waals surface area contributed by atoms with Crippen LogP contribution in [-0.4, -0.2) is 87.6 Å². The molecule has 4 unspecified atom stereocenters. The van der Waals surface area contributed by atoms with Crippen LogP contribution < -0.4 is 15.0 Å². The van der Waals surface area contributed by atoms with Crippen molar-refractivity contribution in [2.45, 2.75) is 69.8 Å². The Balaban J connectivity index is 0.000000309. The van der Waals surface area contributed by atoms with E-state index in [0.29, 0.717) is 56.4 Å². The predicted molar refractivity (Wildman–Crippen MR) is 175 cm³/mol.